The predicted octanol–water partition coefficient (Wildman–Crippen LogP) is 3.74. The van der Waals surface area contributed by atoms with Crippen LogP contribution >= 0.6 is 11.3 Å². The lowest BCUT2D eigenvalue weighted by Gasteiger charge is -2.11. The van der Waals surface area contributed by atoms with Gasteiger partial charge in [0.05, 0.1) is 30.0 Å². The van der Waals surface area contributed by atoms with Gasteiger partial charge < -0.3 is 15.8 Å². The normalized spacial score (nSPS) is 11.2. The number of anilines is 1. The number of hydrogen-bond acceptors (Lipinski definition) is 9. The number of nitrogens with zero attached hydrogens (tertiary/aromatic N) is 6. The maximum Gasteiger partial charge on any atom is 0.223 e. The van der Waals surface area contributed by atoms with Gasteiger partial charge in [0.15, 0.2) is 5.82 Å². The van der Waals surface area contributed by atoms with Gasteiger partial charge >= 0.3 is 0 Å². The van der Waals surface area contributed by atoms with Gasteiger partial charge in [0, 0.05) is 41.2 Å². The summed E-state index contributed by atoms with van der Waals surface area (Å²) in [4.78, 5) is 12.7. The Morgan fingerprint density at radius 3 is 2.86 bits per heavy atom. The zero-order chi connectivity index (χ0) is 24.2. The first-order chi connectivity index (χ1) is 17.1. The second kappa shape index (κ2) is 10.1. The lowest BCUT2D eigenvalue weighted by molar-refractivity contribution is 0.327. The number of fused-ring (bicyclic) bond motifs is 1. The number of benzene rings is 1. The zero-order valence-corrected chi connectivity index (χ0v) is 19.2. The van der Waals surface area contributed by atoms with Gasteiger partial charge in [0.2, 0.25) is 11.9 Å². The van der Waals surface area contributed by atoms with Crippen molar-refractivity contribution in [1.29, 1.82) is 0 Å². The monoisotopic (exact) mass is 494 g/mol. The molecule has 0 fully saturated rings. The van der Waals surface area contributed by atoms with Crippen molar-refractivity contribution in [3.8, 4) is 27.4 Å². The highest BCUT2D eigenvalue weighted by molar-refractivity contribution is 7.22. The molecule has 0 saturated carbocycles. The van der Waals surface area contributed by atoms with E-state index in [9.17, 15) is 8.78 Å². The van der Waals surface area contributed by atoms with Crippen LogP contribution in [-0.4, -0.2) is 49.6 Å². The van der Waals surface area contributed by atoms with E-state index in [0.717, 1.165) is 21.8 Å². The lowest BCUT2D eigenvalue weighted by Crippen LogP contribution is -2.13. The molecule has 0 aliphatic carbocycles. The largest absolute Gasteiger partial charge is 0.490 e. The van der Waals surface area contributed by atoms with Gasteiger partial charge in [-0.15, -0.1) is 16.4 Å². The molecule has 0 aliphatic heterocycles. The molecule has 0 unspecified atom stereocenters. The minimum atomic E-state index is -0.627. The average Bonchev–Trinajstić information content (AvgIpc) is 3.54. The summed E-state index contributed by atoms with van der Waals surface area (Å²) in [6, 6.07) is 8.80. The smallest absolute Gasteiger partial charge is 0.223 e. The minimum Gasteiger partial charge on any atom is -0.490 e. The van der Waals surface area contributed by atoms with E-state index >= 15 is 0 Å². The molecule has 3 N–H and O–H groups in total. The Labute approximate surface area is 202 Å². The van der Waals surface area contributed by atoms with Crippen molar-refractivity contribution in [1.82, 2.24) is 29.9 Å². The van der Waals surface area contributed by atoms with Crippen LogP contribution < -0.4 is 15.8 Å². The van der Waals surface area contributed by atoms with Crippen molar-refractivity contribution in [2.45, 2.75) is 6.54 Å². The molecule has 5 rings (SSSR count). The summed E-state index contributed by atoms with van der Waals surface area (Å²) < 4.78 is 37.0. The Morgan fingerprint density at radius 2 is 2.03 bits per heavy atom. The number of rotatable bonds is 9. The highest BCUT2D eigenvalue weighted by Crippen LogP contribution is 2.42. The Hall–Kier alpha value is -4.03. The quantitative estimate of drug-likeness (QED) is 0.298. The van der Waals surface area contributed by atoms with Crippen molar-refractivity contribution >= 4 is 27.4 Å². The molecule has 0 radical (unpaired) electrons. The third-order valence-corrected chi connectivity index (χ3v) is 6.31. The number of halogens is 2. The predicted molar refractivity (Wildman–Crippen MR) is 129 cm³/mol. The molecular formula is C23H20F2N8OS. The molecule has 12 heteroatoms. The molecule has 178 valence electrons. The minimum absolute atomic E-state index is 0.177. The van der Waals surface area contributed by atoms with Crippen molar-refractivity contribution in [2.24, 2.45) is 5.73 Å². The zero-order valence-electron chi connectivity index (χ0n) is 18.4. The van der Waals surface area contributed by atoms with E-state index in [1.165, 1.54) is 23.6 Å². The van der Waals surface area contributed by atoms with E-state index in [4.69, 9.17) is 10.5 Å². The average molecular weight is 495 g/mol. The van der Waals surface area contributed by atoms with E-state index in [-0.39, 0.29) is 12.3 Å². The molecule has 0 atom stereocenters. The molecule has 0 bridgehead atoms. The van der Waals surface area contributed by atoms with E-state index in [0.29, 0.717) is 41.8 Å². The van der Waals surface area contributed by atoms with Crippen LogP contribution in [0.5, 0.6) is 5.75 Å². The number of aromatic nitrogens is 6. The topological polar surface area (TPSA) is 117 Å². The molecule has 0 saturated heterocycles. The highest BCUT2D eigenvalue weighted by Gasteiger charge is 2.17. The van der Waals surface area contributed by atoms with Crippen LogP contribution in [0.2, 0.25) is 0 Å². The highest BCUT2D eigenvalue weighted by atomic mass is 32.1. The fourth-order valence-electron chi connectivity index (χ4n) is 3.56. The summed E-state index contributed by atoms with van der Waals surface area (Å²) in [5.41, 5.74) is 7.02. The first kappa shape index (κ1) is 22.7. The molecular weight excluding hydrogens is 474 g/mol. The fraction of sp³-hybridized carbons (Fsp3) is 0.174. The number of hydrogen-bond donors (Lipinski definition) is 2. The third-order valence-electron chi connectivity index (χ3n) is 5.12. The first-order valence-corrected chi connectivity index (χ1v) is 11.6. The number of thiophene rings is 1. The standard InChI is InChI=1S/C23H20F2N8OS/c24-17-12-29-23(27-5-7-33-8-6-30-32-33)31-21(17)19-10-14-2-1-3-15(22(14)35-19)16-11-20(25)28-13-18(16)34-9-4-26/h1-3,6,8,10-13H,4-5,7,9,26H2,(H,27,29,31). The van der Waals surface area contributed by atoms with E-state index in [1.54, 1.807) is 17.1 Å². The summed E-state index contributed by atoms with van der Waals surface area (Å²) in [5.74, 6) is -0.446. The molecule has 1 aromatic carbocycles. The van der Waals surface area contributed by atoms with Gasteiger partial charge in [-0.25, -0.2) is 19.3 Å². The SMILES string of the molecule is NCCOc1cnc(F)cc1-c1cccc2cc(-c3nc(NCCn4ccnn4)ncc3F)sc12. The van der Waals surface area contributed by atoms with Crippen LogP contribution in [0.3, 0.4) is 0 Å². The lowest BCUT2D eigenvalue weighted by atomic mass is 10.0. The van der Waals surface area contributed by atoms with Gasteiger partial charge in [-0.1, -0.05) is 23.4 Å². The third kappa shape index (κ3) is 4.93. The van der Waals surface area contributed by atoms with Gasteiger partial charge in [-0.3, -0.25) is 4.68 Å². The van der Waals surface area contributed by atoms with E-state index in [1.807, 2.05) is 24.3 Å². The maximum atomic E-state index is 14.8. The van der Waals surface area contributed by atoms with Crippen molar-refractivity contribution < 1.29 is 13.5 Å². The molecule has 35 heavy (non-hydrogen) atoms. The molecule has 5 aromatic rings. The van der Waals surface area contributed by atoms with E-state index in [2.05, 4.69) is 30.6 Å². The fourth-order valence-corrected chi connectivity index (χ4v) is 4.74. The Bertz CT molecular complexity index is 1460. The molecule has 9 nitrogen and oxygen atoms in total. The summed E-state index contributed by atoms with van der Waals surface area (Å²) in [6.07, 6.45) is 5.82. The maximum absolute atomic E-state index is 14.8. The molecule has 0 spiro atoms. The van der Waals surface area contributed by atoms with Gasteiger partial charge in [-0.2, -0.15) is 4.39 Å². The summed E-state index contributed by atoms with van der Waals surface area (Å²) in [5, 5.41) is 11.6. The summed E-state index contributed by atoms with van der Waals surface area (Å²) in [7, 11) is 0. The number of ether oxygens (including phenoxy) is 1. The Balaban J connectivity index is 1.48. The second-order valence-corrected chi connectivity index (χ2v) is 8.51. The molecule has 4 heterocycles. The van der Waals surface area contributed by atoms with Crippen LogP contribution in [0.25, 0.3) is 31.8 Å². The van der Waals surface area contributed by atoms with Crippen LogP contribution in [-0.2, 0) is 6.54 Å². The first-order valence-electron chi connectivity index (χ1n) is 10.7. The Morgan fingerprint density at radius 1 is 1.11 bits per heavy atom. The molecule has 0 amide bonds. The van der Waals surface area contributed by atoms with Crippen molar-refractivity contribution in [3.05, 3.63) is 66.9 Å². The summed E-state index contributed by atoms with van der Waals surface area (Å²) >= 11 is 1.35. The van der Waals surface area contributed by atoms with Crippen LogP contribution in [0.1, 0.15) is 0 Å². The van der Waals surface area contributed by atoms with Crippen LogP contribution in [0.4, 0.5) is 14.7 Å². The van der Waals surface area contributed by atoms with Crippen molar-refractivity contribution in [2.75, 3.05) is 25.0 Å². The van der Waals surface area contributed by atoms with Gasteiger partial charge in [-0.05, 0) is 11.5 Å². The summed E-state index contributed by atoms with van der Waals surface area (Å²) in [6.45, 7) is 1.63. The van der Waals surface area contributed by atoms with Crippen LogP contribution in [0.15, 0.2) is 55.1 Å². The van der Waals surface area contributed by atoms with Crippen LogP contribution in [0, 0.1) is 11.8 Å². The number of pyridine rings is 1. The molecule has 4 aromatic heterocycles. The Kier molecular flexibility index (Phi) is 6.55. The van der Waals surface area contributed by atoms with E-state index < -0.39 is 11.8 Å². The molecule has 0 aliphatic rings. The number of nitrogens with one attached hydrogen (secondary N) is 1. The van der Waals surface area contributed by atoms with Gasteiger partial charge in [0.1, 0.15) is 18.1 Å². The number of nitrogens with two attached hydrogens (primary N) is 1. The van der Waals surface area contributed by atoms with Crippen molar-refractivity contribution in [3.63, 3.8) is 0 Å². The van der Waals surface area contributed by atoms with Gasteiger partial charge in [0.25, 0.3) is 0 Å². The second-order valence-electron chi connectivity index (χ2n) is 7.46.